The Labute approximate surface area is 112 Å². The van der Waals surface area contributed by atoms with Crippen LogP contribution in [0.1, 0.15) is 25.0 Å². The second kappa shape index (κ2) is 5.65. The van der Waals surface area contributed by atoms with Crippen LogP contribution in [-0.2, 0) is 20.7 Å². The number of ether oxygens (including phenoxy) is 1. The molecule has 19 heavy (non-hydrogen) atoms. The molecule has 2 rings (SSSR count). The van der Waals surface area contributed by atoms with Crippen molar-refractivity contribution in [2.24, 2.45) is 0 Å². The molecule has 0 spiro atoms. The van der Waals surface area contributed by atoms with E-state index in [2.05, 4.69) is 0 Å². The summed E-state index contributed by atoms with van der Waals surface area (Å²) in [5.74, 6) is -0.786. The number of carbonyl (C=O) groups excluding carboxylic acids is 2. The van der Waals surface area contributed by atoms with Crippen LogP contribution in [0, 0.1) is 0 Å². The van der Waals surface area contributed by atoms with Gasteiger partial charge in [0.1, 0.15) is 5.57 Å². The highest BCUT2D eigenvalue weighted by Gasteiger charge is 2.21. The number of rotatable bonds is 3. The van der Waals surface area contributed by atoms with Gasteiger partial charge < -0.3 is 4.74 Å². The molecular weight excluding hydrogens is 240 g/mol. The summed E-state index contributed by atoms with van der Waals surface area (Å²) in [6.07, 6.45) is 4.34. The van der Waals surface area contributed by atoms with Crippen LogP contribution in [0.4, 0.5) is 0 Å². The molecule has 1 aliphatic rings. The molecule has 0 fully saturated rings. The molecule has 3 heteroatoms. The molecule has 1 aromatic carbocycles. The van der Waals surface area contributed by atoms with Gasteiger partial charge in [0.15, 0.2) is 5.78 Å². The molecule has 0 unspecified atom stereocenters. The molecule has 0 saturated heterocycles. The van der Waals surface area contributed by atoms with Gasteiger partial charge in [0.25, 0.3) is 0 Å². The van der Waals surface area contributed by atoms with Gasteiger partial charge in [-0.3, -0.25) is 4.79 Å². The molecule has 0 aliphatic heterocycles. The predicted octanol–water partition coefficient (Wildman–Crippen LogP) is 2.70. The molecule has 3 nitrogen and oxygen atoms in total. The van der Waals surface area contributed by atoms with E-state index in [1.165, 1.54) is 6.92 Å². The molecule has 0 radical (unpaired) electrons. The van der Waals surface area contributed by atoms with Crippen molar-refractivity contribution >= 4 is 17.8 Å². The van der Waals surface area contributed by atoms with Crippen LogP contribution in [-0.4, -0.2) is 18.4 Å². The van der Waals surface area contributed by atoms with Crippen LogP contribution in [0.5, 0.6) is 0 Å². The average Bonchev–Trinajstić information content (AvgIpc) is 2.38. The summed E-state index contributed by atoms with van der Waals surface area (Å²) in [7, 11) is 0. The van der Waals surface area contributed by atoms with Gasteiger partial charge >= 0.3 is 5.97 Å². The van der Waals surface area contributed by atoms with Gasteiger partial charge in [-0.05, 0) is 37.0 Å². The van der Waals surface area contributed by atoms with Crippen LogP contribution >= 0.6 is 0 Å². The lowest BCUT2D eigenvalue weighted by molar-refractivity contribution is -0.139. The van der Waals surface area contributed by atoms with E-state index in [9.17, 15) is 9.59 Å². The molecule has 0 heterocycles. The number of esters is 1. The van der Waals surface area contributed by atoms with Crippen LogP contribution in [0.25, 0.3) is 6.08 Å². The Hall–Kier alpha value is -2.16. The van der Waals surface area contributed by atoms with E-state index >= 15 is 0 Å². The fourth-order valence-electron chi connectivity index (χ4n) is 2.19. The van der Waals surface area contributed by atoms with Crippen molar-refractivity contribution in [2.75, 3.05) is 6.61 Å². The van der Waals surface area contributed by atoms with Crippen LogP contribution in [0.3, 0.4) is 0 Å². The lowest BCUT2D eigenvalue weighted by Crippen LogP contribution is -2.17. The lowest BCUT2D eigenvalue weighted by atomic mass is 9.90. The fraction of sp³-hybridized carbons (Fsp3) is 0.250. The number of fused-ring (bicyclic) bond motifs is 1. The SMILES string of the molecule is CCOC(=O)/C(C(C)=O)=C1\C=Cc2ccccc2C1. The highest BCUT2D eigenvalue weighted by Crippen LogP contribution is 2.25. The van der Waals surface area contributed by atoms with E-state index in [1.54, 1.807) is 6.92 Å². The normalized spacial score (nSPS) is 15.7. The molecule has 0 saturated carbocycles. The number of Topliss-reactive ketones (excluding diaryl/α,β-unsaturated/α-hetero) is 1. The van der Waals surface area contributed by atoms with E-state index in [1.807, 2.05) is 36.4 Å². The first-order valence-corrected chi connectivity index (χ1v) is 6.30. The first kappa shape index (κ1) is 13.3. The molecule has 1 aromatic rings. The number of hydrogen-bond acceptors (Lipinski definition) is 3. The minimum atomic E-state index is -0.533. The van der Waals surface area contributed by atoms with E-state index in [0.29, 0.717) is 6.42 Å². The molecule has 0 bridgehead atoms. The third kappa shape index (κ3) is 2.81. The molecule has 1 aliphatic carbocycles. The van der Waals surface area contributed by atoms with Gasteiger partial charge in [-0.25, -0.2) is 4.79 Å². The lowest BCUT2D eigenvalue weighted by Gasteiger charge is -2.15. The third-order valence-corrected chi connectivity index (χ3v) is 3.05. The van der Waals surface area contributed by atoms with Gasteiger partial charge in [0.2, 0.25) is 0 Å². The average molecular weight is 256 g/mol. The molecular formula is C16H16O3. The van der Waals surface area contributed by atoms with E-state index in [-0.39, 0.29) is 18.0 Å². The number of benzene rings is 1. The minimum Gasteiger partial charge on any atom is -0.462 e. The molecule has 98 valence electrons. The maximum absolute atomic E-state index is 11.9. The van der Waals surface area contributed by atoms with Crippen molar-refractivity contribution in [1.82, 2.24) is 0 Å². The number of ketones is 1. The van der Waals surface area contributed by atoms with Crippen LogP contribution in [0.15, 0.2) is 41.5 Å². The first-order chi connectivity index (χ1) is 9.13. The summed E-state index contributed by atoms with van der Waals surface area (Å²) in [5.41, 5.74) is 3.12. The zero-order valence-corrected chi connectivity index (χ0v) is 11.1. The smallest absolute Gasteiger partial charge is 0.342 e. The maximum Gasteiger partial charge on any atom is 0.342 e. The molecule has 0 aromatic heterocycles. The minimum absolute atomic E-state index is 0.160. The van der Waals surface area contributed by atoms with Crippen molar-refractivity contribution in [1.29, 1.82) is 0 Å². The standard InChI is InChI=1S/C16H16O3/c1-3-19-16(18)15(11(2)17)14-9-8-12-6-4-5-7-13(12)10-14/h4-9H,3,10H2,1-2H3/b15-14+. The molecule has 0 atom stereocenters. The first-order valence-electron chi connectivity index (χ1n) is 6.30. The Morgan fingerprint density at radius 1 is 1.21 bits per heavy atom. The summed E-state index contributed by atoms with van der Waals surface area (Å²) in [6.45, 7) is 3.39. The van der Waals surface area contributed by atoms with Gasteiger partial charge in [-0.2, -0.15) is 0 Å². The fourth-order valence-corrected chi connectivity index (χ4v) is 2.19. The summed E-state index contributed by atoms with van der Waals surface area (Å²) >= 11 is 0. The van der Waals surface area contributed by atoms with Crippen molar-refractivity contribution < 1.29 is 14.3 Å². The van der Waals surface area contributed by atoms with Crippen molar-refractivity contribution in [3.63, 3.8) is 0 Å². The summed E-state index contributed by atoms with van der Waals surface area (Å²) in [6, 6.07) is 7.94. The second-order valence-corrected chi connectivity index (χ2v) is 4.39. The van der Waals surface area contributed by atoms with E-state index in [0.717, 1.165) is 16.7 Å². The Bertz CT molecular complexity index is 579. The Kier molecular flexibility index (Phi) is 3.95. The zero-order chi connectivity index (χ0) is 13.8. The Morgan fingerprint density at radius 3 is 2.63 bits per heavy atom. The highest BCUT2D eigenvalue weighted by molar-refractivity contribution is 6.17. The number of carbonyl (C=O) groups is 2. The van der Waals surface area contributed by atoms with E-state index < -0.39 is 5.97 Å². The van der Waals surface area contributed by atoms with Crippen molar-refractivity contribution in [3.05, 3.63) is 52.6 Å². The summed E-state index contributed by atoms with van der Waals surface area (Å²) in [5, 5.41) is 0. The van der Waals surface area contributed by atoms with Crippen LogP contribution in [0.2, 0.25) is 0 Å². The summed E-state index contributed by atoms with van der Waals surface area (Å²) in [4.78, 5) is 23.5. The molecule has 0 N–H and O–H groups in total. The largest absolute Gasteiger partial charge is 0.462 e. The van der Waals surface area contributed by atoms with E-state index in [4.69, 9.17) is 4.74 Å². The second-order valence-electron chi connectivity index (χ2n) is 4.39. The quantitative estimate of drug-likeness (QED) is 0.361. The van der Waals surface area contributed by atoms with Gasteiger partial charge in [-0.15, -0.1) is 0 Å². The number of hydrogen-bond donors (Lipinski definition) is 0. The monoisotopic (exact) mass is 256 g/mol. The van der Waals surface area contributed by atoms with Crippen molar-refractivity contribution in [3.8, 4) is 0 Å². The number of allylic oxidation sites excluding steroid dienone is 2. The third-order valence-electron chi connectivity index (χ3n) is 3.05. The highest BCUT2D eigenvalue weighted by atomic mass is 16.5. The Balaban J connectivity index is 2.42. The maximum atomic E-state index is 11.9. The predicted molar refractivity (Wildman–Crippen MR) is 73.5 cm³/mol. The van der Waals surface area contributed by atoms with Gasteiger partial charge in [0, 0.05) is 0 Å². The van der Waals surface area contributed by atoms with Crippen molar-refractivity contribution in [2.45, 2.75) is 20.3 Å². The van der Waals surface area contributed by atoms with Gasteiger partial charge in [0.05, 0.1) is 6.61 Å². The molecule has 0 amide bonds. The topological polar surface area (TPSA) is 43.4 Å². The Morgan fingerprint density at radius 2 is 1.95 bits per heavy atom. The zero-order valence-electron chi connectivity index (χ0n) is 11.1. The van der Waals surface area contributed by atoms with Crippen LogP contribution < -0.4 is 0 Å². The van der Waals surface area contributed by atoms with Gasteiger partial charge in [-0.1, -0.05) is 36.4 Å². The summed E-state index contributed by atoms with van der Waals surface area (Å²) < 4.78 is 4.95.